The molecule has 1 aliphatic heterocycles. The van der Waals surface area contributed by atoms with Gasteiger partial charge in [0.15, 0.2) is 17.7 Å². The highest BCUT2D eigenvalue weighted by atomic mass is 32.2. The second-order valence-corrected chi connectivity index (χ2v) is 18.5. The van der Waals surface area contributed by atoms with Crippen LogP contribution in [0.4, 0.5) is 5.82 Å². The fourth-order valence-electron chi connectivity index (χ4n) is 5.37. The van der Waals surface area contributed by atoms with Crippen LogP contribution in [0.2, 0.25) is 0 Å². The summed E-state index contributed by atoms with van der Waals surface area (Å²) in [6, 6.07) is 0. The maximum absolute atomic E-state index is 12.6. The highest BCUT2D eigenvalue weighted by molar-refractivity contribution is 8.14. The number of aliphatic hydroxyl groups is 2. The van der Waals surface area contributed by atoms with Gasteiger partial charge in [0, 0.05) is 54.8 Å². The van der Waals surface area contributed by atoms with E-state index in [0.29, 0.717) is 12.1 Å². The molecule has 0 bridgehead atoms. The van der Waals surface area contributed by atoms with Crippen molar-refractivity contribution in [1.82, 2.24) is 30.2 Å². The third-order valence-electron chi connectivity index (χ3n) is 8.39. The quantitative estimate of drug-likeness (QED) is 0.0546. The van der Waals surface area contributed by atoms with Gasteiger partial charge >= 0.3 is 0 Å². The largest absolute Gasteiger partial charge is 0.790 e. The zero-order valence-corrected chi connectivity index (χ0v) is 34.0. The summed E-state index contributed by atoms with van der Waals surface area (Å²) in [6.45, 7) is -0.144. The number of Topliss-reactive ketones (excluding diaryl/α,β-unsaturated/α-hetero) is 1. The fraction of sp³-hybridized carbons (Fsp3) is 0.607. The number of nitrogen functional groups attached to an aromatic ring is 1. The Hall–Kier alpha value is -3.23. The molecule has 0 spiro atoms. The number of fused-ring (bicyclic) bond motifs is 1. The van der Waals surface area contributed by atoms with E-state index in [0.717, 1.165) is 29.0 Å². The molecule has 4 rings (SSSR count). The summed E-state index contributed by atoms with van der Waals surface area (Å²) in [5, 5.41) is 25.8. The number of anilines is 1. The number of allylic oxidation sites excluding steroid dienone is 1. The lowest BCUT2D eigenvalue weighted by atomic mass is 9.87. The predicted octanol–water partition coefficient (Wildman–Crippen LogP) is -3.90. The van der Waals surface area contributed by atoms with Gasteiger partial charge in [-0.1, -0.05) is 25.6 Å². The maximum atomic E-state index is 12.6. The molecule has 1 saturated heterocycles. The van der Waals surface area contributed by atoms with E-state index in [1.165, 1.54) is 13.8 Å². The fourth-order valence-corrected chi connectivity index (χ4v) is 8.87. The minimum Gasteiger partial charge on any atom is -0.790 e. The number of phosphoric acid groups is 3. The molecular formula is C28H39N8O18P3S-4. The molecule has 2 aromatic heterocycles. The summed E-state index contributed by atoms with van der Waals surface area (Å²) in [7, 11) is -17.6. The molecule has 2 aliphatic rings. The number of ketones is 1. The van der Waals surface area contributed by atoms with Crippen LogP contribution in [0.1, 0.15) is 45.8 Å². The second kappa shape index (κ2) is 19.4. The molecule has 1 aliphatic carbocycles. The summed E-state index contributed by atoms with van der Waals surface area (Å²) in [5.74, 6) is -1.57. The number of nitrogens with one attached hydrogen (secondary N) is 2. The van der Waals surface area contributed by atoms with E-state index in [2.05, 4.69) is 43.5 Å². The first-order valence-electron chi connectivity index (χ1n) is 16.9. The molecule has 2 aromatic rings. The van der Waals surface area contributed by atoms with Crippen molar-refractivity contribution >= 4 is 74.9 Å². The van der Waals surface area contributed by atoms with E-state index in [4.69, 9.17) is 16.2 Å². The van der Waals surface area contributed by atoms with Gasteiger partial charge < -0.3 is 74.8 Å². The van der Waals surface area contributed by atoms with Gasteiger partial charge in [0.05, 0.1) is 27.4 Å². The van der Waals surface area contributed by atoms with E-state index in [1.807, 2.05) is 0 Å². The number of phosphoric ester groups is 3. The van der Waals surface area contributed by atoms with Crippen LogP contribution in [-0.2, 0) is 55.5 Å². The summed E-state index contributed by atoms with van der Waals surface area (Å²) in [5.41, 5.74) is 10.5. The zero-order chi connectivity index (χ0) is 43.2. The summed E-state index contributed by atoms with van der Waals surface area (Å²) >= 11 is 0.881. The zero-order valence-electron chi connectivity index (χ0n) is 30.5. The van der Waals surface area contributed by atoms with Crippen LogP contribution in [0, 0.1) is 5.41 Å². The molecule has 1 fully saturated rings. The first-order valence-corrected chi connectivity index (χ1v) is 22.2. The van der Waals surface area contributed by atoms with Crippen molar-refractivity contribution in [2.24, 2.45) is 11.1 Å². The van der Waals surface area contributed by atoms with E-state index in [1.54, 1.807) is 0 Å². The van der Waals surface area contributed by atoms with Gasteiger partial charge in [0.2, 0.25) is 16.9 Å². The van der Waals surface area contributed by atoms with Gasteiger partial charge in [-0.15, -0.1) is 0 Å². The van der Waals surface area contributed by atoms with Crippen LogP contribution < -0.4 is 41.7 Å². The standard InChI is InChI=1S/C28H43N8O18P3S/c1-28(2,22(40)25(41)32-6-5-18(38)31-7-8-58-27(42)15-9-14(37)3-4-16(15)29)11-51-57(48,49)54-56(46,47)50-10-17-21(53-55(43,44)45)20(39)26(52-17)36-13-35-19-23(30)33-12-34-24(19)36/h12-13,17,20-22,26,39-40H,3-11,29H2,1-2H3,(H,31,38)(H,32,41)(H,46,47)(H,48,49)(H2,30,33,34)(H2,43,44,45)/p-4/t17-,20-,21-,22+,26-/m1/s1. The SMILES string of the molecule is CC(C)(COP(=O)([O-])OP(=O)([O-])OC[C@H]1O[C@@H](n2cnc3c(N)ncnc32)[C@H](O)[C@@H]1OP(=O)([O-])[O-])[C@@H](O)C(=O)NCCC(=O)NCCSC(=O)C1=C(N)CCC(=O)C1. The number of aliphatic hydroxyl groups excluding tert-OH is 2. The van der Waals surface area contributed by atoms with Gasteiger partial charge in [0.1, 0.15) is 42.0 Å². The third kappa shape index (κ3) is 13.1. The maximum Gasteiger partial charge on any atom is 0.274 e. The number of aromatic nitrogens is 4. The topological polar surface area (TPSA) is 418 Å². The Balaban J connectivity index is 1.22. The van der Waals surface area contributed by atoms with Crippen LogP contribution in [0.3, 0.4) is 0 Å². The molecule has 324 valence electrons. The Bertz CT molecular complexity index is 2050. The molecule has 58 heavy (non-hydrogen) atoms. The molecule has 30 heteroatoms. The Morgan fingerprint density at radius 3 is 2.45 bits per heavy atom. The number of nitrogens with two attached hydrogens (primary N) is 2. The second-order valence-electron chi connectivity index (χ2n) is 13.3. The lowest BCUT2D eigenvalue weighted by molar-refractivity contribution is -0.347. The molecule has 0 aromatic carbocycles. The van der Waals surface area contributed by atoms with Crippen LogP contribution in [-0.4, -0.2) is 109 Å². The molecular weight excluding hydrogens is 861 g/mol. The molecule has 7 atom stereocenters. The van der Waals surface area contributed by atoms with Crippen LogP contribution in [0.25, 0.3) is 11.2 Å². The number of imidazole rings is 1. The molecule has 2 amide bonds. The van der Waals surface area contributed by atoms with E-state index < -0.39 is 84.6 Å². The monoisotopic (exact) mass is 900 g/mol. The van der Waals surface area contributed by atoms with Crippen molar-refractivity contribution in [3.8, 4) is 0 Å². The summed E-state index contributed by atoms with van der Waals surface area (Å²) in [4.78, 5) is 108. The van der Waals surface area contributed by atoms with Gasteiger partial charge in [-0.25, -0.2) is 19.3 Å². The lowest BCUT2D eigenvalue weighted by Crippen LogP contribution is -2.46. The van der Waals surface area contributed by atoms with Gasteiger partial charge in [-0.2, -0.15) is 0 Å². The average molecular weight is 901 g/mol. The van der Waals surface area contributed by atoms with E-state index >= 15 is 0 Å². The minimum absolute atomic E-state index is 0.0297. The normalized spacial score (nSPS) is 23.0. The molecule has 3 heterocycles. The number of hydrogen-bond acceptors (Lipinski definition) is 24. The van der Waals surface area contributed by atoms with Gasteiger partial charge in [0.25, 0.3) is 15.6 Å². The number of nitrogens with zero attached hydrogens (tertiary/aromatic N) is 4. The first kappa shape index (κ1) is 47.4. The molecule has 26 nitrogen and oxygen atoms in total. The molecule has 2 unspecified atom stereocenters. The predicted molar refractivity (Wildman–Crippen MR) is 188 cm³/mol. The number of rotatable bonds is 20. The number of thioether (sulfide) groups is 1. The number of hydrogen-bond donors (Lipinski definition) is 6. The van der Waals surface area contributed by atoms with Crippen molar-refractivity contribution < 1.29 is 85.3 Å². The van der Waals surface area contributed by atoms with Gasteiger partial charge in [-0.05, 0) is 6.42 Å². The van der Waals surface area contributed by atoms with Crippen molar-refractivity contribution in [2.75, 3.05) is 37.8 Å². The Morgan fingerprint density at radius 2 is 1.76 bits per heavy atom. The summed E-state index contributed by atoms with van der Waals surface area (Å²) < 4.78 is 60.5. The minimum atomic E-state index is -5.93. The number of amides is 2. The van der Waals surface area contributed by atoms with E-state index in [-0.39, 0.29) is 71.6 Å². The Kier molecular flexibility index (Phi) is 15.9. The van der Waals surface area contributed by atoms with Crippen LogP contribution in [0.15, 0.2) is 23.9 Å². The molecule has 8 N–H and O–H groups in total. The number of carbonyl (C=O) groups is 4. The van der Waals surface area contributed by atoms with Crippen molar-refractivity contribution in [3.05, 3.63) is 23.9 Å². The Labute approximate surface area is 332 Å². The third-order valence-corrected chi connectivity index (χ3v) is 12.3. The van der Waals surface area contributed by atoms with Crippen molar-refractivity contribution in [2.45, 2.75) is 70.2 Å². The van der Waals surface area contributed by atoms with E-state index in [9.17, 15) is 62.7 Å². The van der Waals surface area contributed by atoms with Crippen LogP contribution >= 0.6 is 35.2 Å². The lowest BCUT2D eigenvalue weighted by Gasteiger charge is -2.36. The first-order chi connectivity index (χ1) is 26.9. The number of ether oxygens (including phenoxy) is 1. The highest BCUT2D eigenvalue weighted by Crippen LogP contribution is 2.56. The molecule has 0 radical (unpaired) electrons. The Morgan fingerprint density at radius 1 is 1.07 bits per heavy atom. The molecule has 0 saturated carbocycles. The van der Waals surface area contributed by atoms with Crippen molar-refractivity contribution in [1.29, 1.82) is 0 Å². The van der Waals surface area contributed by atoms with Crippen molar-refractivity contribution in [3.63, 3.8) is 0 Å². The average Bonchev–Trinajstić information content (AvgIpc) is 3.69. The summed E-state index contributed by atoms with van der Waals surface area (Å²) in [6.07, 6.45) is -7.18. The number of carbonyl (C=O) groups excluding carboxylic acids is 4. The smallest absolute Gasteiger partial charge is 0.274 e. The van der Waals surface area contributed by atoms with Crippen LogP contribution in [0.5, 0.6) is 0 Å². The van der Waals surface area contributed by atoms with Gasteiger partial charge in [-0.3, -0.25) is 32.9 Å². The highest BCUT2D eigenvalue weighted by Gasteiger charge is 2.47.